The van der Waals surface area contributed by atoms with Crippen molar-refractivity contribution in [2.75, 3.05) is 0 Å². The standard InChI is InChI=1S/C14H14O4/c1-9(2)14(17)18-12-6-4-11(10(3)8-12)5-7-13(15)16/h4-8H,1H2,2-3H3,(H,15,16). The third-order valence-corrected chi connectivity index (χ3v) is 2.21. The van der Waals surface area contributed by atoms with E-state index in [1.54, 1.807) is 32.0 Å². The van der Waals surface area contributed by atoms with Crippen LogP contribution < -0.4 is 4.74 Å². The number of carbonyl (C=O) groups is 2. The first-order valence-electron chi connectivity index (χ1n) is 5.29. The van der Waals surface area contributed by atoms with Crippen LogP contribution in [0.25, 0.3) is 6.08 Å². The molecule has 0 amide bonds. The average molecular weight is 246 g/mol. The van der Waals surface area contributed by atoms with Crippen molar-refractivity contribution in [3.63, 3.8) is 0 Å². The molecule has 1 rings (SSSR count). The van der Waals surface area contributed by atoms with Gasteiger partial charge in [-0.05, 0) is 43.2 Å². The molecular formula is C14H14O4. The van der Waals surface area contributed by atoms with Crippen LogP contribution in [0.3, 0.4) is 0 Å². The van der Waals surface area contributed by atoms with E-state index in [0.717, 1.165) is 17.2 Å². The highest BCUT2D eigenvalue weighted by atomic mass is 16.5. The number of carboxylic acid groups (broad SMARTS) is 1. The first-order valence-corrected chi connectivity index (χ1v) is 5.29. The van der Waals surface area contributed by atoms with E-state index in [1.165, 1.54) is 6.08 Å². The molecule has 0 aliphatic rings. The van der Waals surface area contributed by atoms with E-state index < -0.39 is 11.9 Å². The maximum Gasteiger partial charge on any atom is 0.338 e. The molecule has 0 spiro atoms. The minimum atomic E-state index is -1.01. The summed E-state index contributed by atoms with van der Waals surface area (Å²) in [6.07, 6.45) is 2.55. The Balaban J connectivity index is 2.89. The SMILES string of the molecule is C=C(C)C(=O)Oc1ccc(C=CC(=O)O)c(C)c1. The van der Waals surface area contributed by atoms with Gasteiger partial charge in [0.1, 0.15) is 5.75 Å². The molecule has 0 bridgehead atoms. The summed E-state index contributed by atoms with van der Waals surface area (Å²) in [5.41, 5.74) is 1.90. The van der Waals surface area contributed by atoms with Gasteiger partial charge in [0, 0.05) is 11.6 Å². The van der Waals surface area contributed by atoms with Crippen LogP contribution in [-0.2, 0) is 9.59 Å². The highest BCUT2D eigenvalue weighted by Gasteiger charge is 2.06. The fraction of sp³-hybridized carbons (Fsp3) is 0.143. The summed E-state index contributed by atoms with van der Waals surface area (Å²) in [6.45, 7) is 6.86. The molecule has 18 heavy (non-hydrogen) atoms. The second-order valence-corrected chi connectivity index (χ2v) is 3.86. The normalized spacial score (nSPS) is 10.3. The quantitative estimate of drug-likeness (QED) is 0.504. The molecule has 0 saturated heterocycles. The summed E-state index contributed by atoms with van der Waals surface area (Å²) in [5.74, 6) is -1.08. The van der Waals surface area contributed by atoms with Crippen LogP contribution >= 0.6 is 0 Å². The van der Waals surface area contributed by atoms with Gasteiger partial charge < -0.3 is 9.84 Å². The Labute approximate surface area is 105 Å². The molecule has 0 atom stereocenters. The van der Waals surface area contributed by atoms with E-state index in [9.17, 15) is 9.59 Å². The monoisotopic (exact) mass is 246 g/mol. The number of rotatable bonds is 4. The number of esters is 1. The second kappa shape index (κ2) is 5.82. The molecule has 0 radical (unpaired) electrons. The van der Waals surface area contributed by atoms with Gasteiger partial charge in [0.2, 0.25) is 0 Å². The Morgan fingerprint density at radius 2 is 2.06 bits per heavy atom. The number of benzene rings is 1. The molecule has 1 aromatic carbocycles. The topological polar surface area (TPSA) is 63.6 Å². The van der Waals surface area contributed by atoms with Gasteiger partial charge in [0.15, 0.2) is 0 Å². The molecule has 0 aliphatic carbocycles. The maximum atomic E-state index is 11.3. The summed E-state index contributed by atoms with van der Waals surface area (Å²) in [5, 5.41) is 8.53. The largest absolute Gasteiger partial charge is 0.478 e. The molecule has 0 aromatic heterocycles. The third kappa shape index (κ3) is 3.90. The molecule has 1 aromatic rings. The zero-order chi connectivity index (χ0) is 13.7. The Morgan fingerprint density at radius 3 is 2.56 bits per heavy atom. The smallest absolute Gasteiger partial charge is 0.338 e. The van der Waals surface area contributed by atoms with Gasteiger partial charge in [-0.2, -0.15) is 0 Å². The zero-order valence-electron chi connectivity index (χ0n) is 10.3. The number of carboxylic acids is 1. The van der Waals surface area contributed by atoms with Crippen molar-refractivity contribution in [1.29, 1.82) is 0 Å². The number of aliphatic carboxylic acids is 1. The molecule has 0 aliphatic heterocycles. The first kappa shape index (κ1) is 13.7. The fourth-order valence-electron chi connectivity index (χ4n) is 1.25. The van der Waals surface area contributed by atoms with Crippen LogP contribution in [0.4, 0.5) is 0 Å². The van der Waals surface area contributed by atoms with E-state index in [2.05, 4.69) is 6.58 Å². The molecular weight excluding hydrogens is 232 g/mol. The first-order chi connectivity index (χ1) is 8.40. The summed E-state index contributed by atoms with van der Waals surface area (Å²) in [6, 6.07) is 4.97. The Bertz CT molecular complexity index is 527. The van der Waals surface area contributed by atoms with Crippen molar-refractivity contribution in [3.8, 4) is 5.75 Å². The van der Waals surface area contributed by atoms with Crippen molar-refractivity contribution < 1.29 is 19.4 Å². The van der Waals surface area contributed by atoms with Gasteiger partial charge in [-0.25, -0.2) is 9.59 Å². The van der Waals surface area contributed by atoms with Gasteiger partial charge in [-0.3, -0.25) is 0 Å². The summed E-state index contributed by atoms with van der Waals surface area (Å²) >= 11 is 0. The van der Waals surface area contributed by atoms with Crippen LogP contribution in [0.2, 0.25) is 0 Å². The molecule has 4 nitrogen and oxygen atoms in total. The fourth-order valence-corrected chi connectivity index (χ4v) is 1.25. The number of aryl methyl sites for hydroxylation is 1. The Kier molecular flexibility index (Phi) is 4.43. The lowest BCUT2D eigenvalue weighted by Gasteiger charge is -2.06. The number of hydrogen-bond donors (Lipinski definition) is 1. The number of hydrogen-bond acceptors (Lipinski definition) is 3. The zero-order valence-corrected chi connectivity index (χ0v) is 10.3. The molecule has 4 heteroatoms. The van der Waals surface area contributed by atoms with Crippen LogP contribution in [-0.4, -0.2) is 17.0 Å². The van der Waals surface area contributed by atoms with Gasteiger partial charge in [-0.15, -0.1) is 0 Å². The third-order valence-electron chi connectivity index (χ3n) is 2.21. The van der Waals surface area contributed by atoms with Crippen LogP contribution in [0, 0.1) is 6.92 Å². The van der Waals surface area contributed by atoms with Gasteiger partial charge >= 0.3 is 11.9 Å². The lowest BCUT2D eigenvalue weighted by Crippen LogP contribution is -2.08. The predicted molar refractivity (Wildman–Crippen MR) is 68.3 cm³/mol. The van der Waals surface area contributed by atoms with E-state index in [4.69, 9.17) is 9.84 Å². The van der Waals surface area contributed by atoms with Gasteiger partial charge in [0.25, 0.3) is 0 Å². The van der Waals surface area contributed by atoms with Crippen LogP contribution in [0.5, 0.6) is 5.75 Å². The molecule has 0 saturated carbocycles. The summed E-state index contributed by atoms with van der Waals surface area (Å²) in [7, 11) is 0. The van der Waals surface area contributed by atoms with Crippen molar-refractivity contribution in [1.82, 2.24) is 0 Å². The molecule has 0 fully saturated rings. The molecule has 1 N–H and O–H groups in total. The van der Waals surface area contributed by atoms with Crippen molar-refractivity contribution in [3.05, 3.63) is 47.6 Å². The van der Waals surface area contributed by atoms with E-state index in [-0.39, 0.29) is 0 Å². The minimum Gasteiger partial charge on any atom is -0.478 e. The number of ether oxygens (including phenoxy) is 1. The number of carbonyl (C=O) groups excluding carboxylic acids is 1. The summed E-state index contributed by atoms with van der Waals surface area (Å²) < 4.78 is 5.06. The Hall–Kier alpha value is -2.36. The molecule has 94 valence electrons. The maximum absolute atomic E-state index is 11.3. The Morgan fingerprint density at radius 1 is 1.39 bits per heavy atom. The summed E-state index contributed by atoms with van der Waals surface area (Å²) in [4.78, 5) is 21.7. The van der Waals surface area contributed by atoms with E-state index in [0.29, 0.717) is 11.3 Å². The van der Waals surface area contributed by atoms with Crippen molar-refractivity contribution in [2.45, 2.75) is 13.8 Å². The predicted octanol–water partition coefficient (Wildman–Crippen LogP) is 2.57. The van der Waals surface area contributed by atoms with E-state index in [1.807, 2.05) is 0 Å². The minimum absolute atomic E-state index is 0.322. The van der Waals surface area contributed by atoms with Crippen LogP contribution in [0.1, 0.15) is 18.1 Å². The van der Waals surface area contributed by atoms with Gasteiger partial charge in [0.05, 0.1) is 0 Å². The van der Waals surface area contributed by atoms with Crippen molar-refractivity contribution in [2.24, 2.45) is 0 Å². The van der Waals surface area contributed by atoms with E-state index >= 15 is 0 Å². The highest BCUT2D eigenvalue weighted by Crippen LogP contribution is 2.19. The lowest BCUT2D eigenvalue weighted by atomic mass is 10.1. The average Bonchev–Trinajstić information content (AvgIpc) is 2.27. The van der Waals surface area contributed by atoms with Gasteiger partial charge in [-0.1, -0.05) is 12.6 Å². The second-order valence-electron chi connectivity index (χ2n) is 3.86. The van der Waals surface area contributed by atoms with Crippen molar-refractivity contribution >= 4 is 18.0 Å². The lowest BCUT2D eigenvalue weighted by molar-refractivity contribution is -0.131. The highest BCUT2D eigenvalue weighted by molar-refractivity contribution is 5.89. The molecule has 0 heterocycles. The van der Waals surface area contributed by atoms with Crippen LogP contribution in [0.15, 0.2) is 36.4 Å². The molecule has 0 unspecified atom stereocenters.